The van der Waals surface area contributed by atoms with E-state index in [9.17, 15) is 18.0 Å². The topological polar surface area (TPSA) is 30.0 Å². The molecule has 0 bridgehead atoms. The maximum atomic E-state index is 12.2. The van der Waals surface area contributed by atoms with Crippen molar-refractivity contribution in [2.24, 2.45) is 0 Å². The van der Waals surface area contributed by atoms with E-state index in [1.165, 1.54) is 13.0 Å². The highest BCUT2D eigenvalue weighted by Gasteiger charge is 2.30. The van der Waals surface area contributed by atoms with Crippen molar-refractivity contribution in [2.45, 2.75) is 13.1 Å². The highest BCUT2D eigenvalue weighted by molar-refractivity contribution is 8.13. The Kier molecular flexibility index (Phi) is 4.74. The van der Waals surface area contributed by atoms with E-state index in [0.717, 1.165) is 24.0 Å². The molecule has 0 unspecified atom stereocenters. The molecule has 0 saturated carbocycles. The van der Waals surface area contributed by atoms with E-state index < -0.39 is 11.7 Å². The smallest absolute Gasteiger partial charge is 0.288 e. The van der Waals surface area contributed by atoms with Gasteiger partial charge in [-0.1, -0.05) is 17.8 Å². The minimum Gasteiger partial charge on any atom is -0.288 e. The van der Waals surface area contributed by atoms with Crippen LogP contribution >= 0.6 is 11.8 Å². The first-order valence-electron chi connectivity index (χ1n) is 4.73. The molecule has 0 N–H and O–H groups in total. The molecular weight excluding hydrogens is 251 g/mol. The maximum absolute atomic E-state index is 12.2. The molecular formula is C11H10F3NOS. The molecule has 1 aromatic rings. The van der Waals surface area contributed by atoms with Crippen LogP contribution in [0.3, 0.4) is 0 Å². The number of pyridine rings is 1. The average molecular weight is 261 g/mol. The lowest BCUT2D eigenvalue weighted by Gasteiger charge is -2.05. The molecule has 0 aromatic carbocycles. The molecule has 6 heteroatoms. The minimum absolute atomic E-state index is 0.00460. The number of aromatic nitrogens is 1. The van der Waals surface area contributed by atoms with Gasteiger partial charge in [0.05, 0.1) is 11.3 Å². The average Bonchev–Trinajstić information content (AvgIpc) is 2.23. The summed E-state index contributed by atoms with van der Waals surface area (Å²) in [6.07, 6.45) is -0.310. The summed E-state index contributed by atoms with van der Waals surface area (Å²) in [5, 5.41) is -0.00460. The molecule has 1 aromatic heterocycles. The minimum atomic E-state index is -4.36. The van der Waals surface area contributed by atoms with Crippen LogP contribution in [0.15, 0.2) is 24.4 Å². The van der Waals surface area contributed by atoms with E-state index in [-0.39, 0.29) is 5.12 Å². The van der Waals surface area contributed by atoms with Crippen LogP contribution in [0.2, 0.25) is 0 Å². The summed E-state index contributed by atoms with van der Waals surface area (Å²) < 4.78 is 36.6. The number of hydrogen-bond donors (Lipinski definition) is 0. The van der Waals surface area contributed by atoms with Crippen LogP contribution in [0.4, 0.5) is 13.2 Å². The molecule has 0 saturated heterocycles. The highest BCUT2D eigenvalue weighted by atomic mass is 32.2. The Labute approximate surface area is 101 Å². The van der Waals surface area contributed by atoms with Crippen molar-refractivity contribution < 1.29 is 18.0 Å². The molecule has 0 aliphatic rings. The molecule has 0 radical (unpaired) electrons. The zero-order valence-corrected chi connectivity index (χ0v) is 9.81. The highest BCUT2D eigenvalue weighted by Crippen LogP contribution is 2.28. The Morgan fingerprint density at radius 3 is 2.65 bits per heavy atom. The second kappa shape index (κ2) is 5.86. The van der Waals surface area contributed by atoms with Gasteiger partial charge in [0, 0.05) is 18.9 Å². The summed E-state index contributed by atoms with van der Waals surface area (Å²) in [5.74, 6) is 0.484. The Bertz CT molecular complexity index is 412. The molecule has 0 spiro atoms. The third-order valence-electron chi connectivity index (χ3n) is 1.79. The van der Waals surface area contributed by atoms with Crippen LogP contribution in [-0.4, -0.2) is 15.9 Å². The standard InChI is InChI=1S/C11H10F3NOS/c1-8(16)17-6-2-3-10-5-4-9(7-15-10)11(12,13)14/h2-5,7H,6H2,1H3. The van der Waals surface area contributed by atoms with Crippen molar-refractivity contribution in [3.05, 3.63) is 35.7 Å². The first-order chi connectivity index (χ1) is 7.89. The lowest BCUT2D eigenvalue weighted by atomic mass is 10.2. The Balaban J connectivity index is 2.60. The predicted molar refractivity (Wildman–Crippen MR) is 61.4 cm³/mol. The van der Waals surface area contributed by atoms with Gasteiger partial charge in [-0.05, 0) is 18.2 Å². The van der Waals surface area contributed by atoms with Crippen molar-refractivity contribution >= 4 is 23.0 Å². The number of thioether (sulfide) groups is 1. The molecule has 1 heterocycles. The molecule has 0 amide bonds. The van der Waals surface area contributed by atoms with Crippen LogP contribution in [-0.2, 0) is 11.0 Å². The fourth-order valence-corrected chi connectivity index (χ4v) is 1.43. The molecule has 1 rings (SSSR count). The maximum Gasteiger partial charge on any atom is 0.417 e. The Morgan fingerprint density at radius 2 is 2.18 bits per heavy atom. The monoisotopic (exact) mass is 261 g/mol. The van der Waals surface area contributed by atoms with Crippen LogP contribution in [0.25, 0.3) is 6.08 Å². The molecule has 17 heavy (non-hydrogen) atoms. The van der Waals surface area contributed by atoms with Gasteiger partial charge in [-0.2, -0.15) is 13.2 Å². The van der Waals surface area contributed by atoms with Gasteiger partial charge >= 0.3 is 6.18 Å². The fraction of sp³-hybridized carbons (Fsp3) is 0.273. The fourth-order valence-electron chi connectivity index (χ4n) is 1.01. The van der Waals surface area contributed by atoms with Crippen molar-refractivity contribution in [1.29, 1.82) is 0 Å². The van der Waals surface area contributed by atoms with E-state index in [1.54, 1.807) is 12.2 Å². The van der Waals surface area contributed by atoms with Crippen molar-refractivity contribution in [3.63, 3.8) is 0 Å². The Hall–Kier alpha value is -1.30. The largest absolute Gasteiger partial charge is 0.417 e. The van der Waals surface area contributed by atoms with Gasteiger partial charge in [-0.3, -0.25) is 9.78 Å². The van der Waals surface area contributed by atoms with E-state index in [1.807, 2.05) is 0 Å². The number of alkyl halides is 3. The molecule has 0 atom stereocenters. The lowest BCUT2D eigenvalue weighted by Crippen LogP contribution is -2.05. The summed E-state index contributed by atoms with van der Waals surface area (Å²) in [6, 6.07) is 2.27. The molecule has 0 fully saturated rings. The molecule has 0 aliphatic carbocycles. The zero-order valence-electron chi connectivity index (χ0n) is 8.99. The number of nitrogens with zero attached hydrogens (tertiary/aromatic N) is 1. The SMILES string of the molecule is CC(=O)SCC=Cc1ccc(C(F)(F)F)cn1. The first-order valence-corrected chi connectivity index (χ1v) is 5.71. The first kappa shape index (κ1) is 13.8. The van der Waals surface area contributed by atoms with Crippen LogP contribution in [0, 0.1) is 0 Å². The van der Waals surface area contributed by atoms with Crippen molar-refractivity contribution in [2.75, 3.05) is 5.75 Å². The van der Waals surface area contributed by atoms with Gasteiger partial charge in [0.2, 0.25) is 0 Å². The van der Waals surface area contributed by atoms with Gasteiger partial charge in [-0.25, -0.2) is 0 Å². The third-order valence-corrected chi connectivity index (χ3v) is 2.55. The van der Waals surface area contributed by atoms with Gasteiger partial charge in [-0.15, -0.1) is 0 Å². The number of hydrogen-bond acceptors (Lipinski definition) is 3. The van der Waals surface area contributed by atoms with Gasteiger partial charge in [0.15, 0.2) is 5.12 Å². The normalized spacial score (nSPS) is 12.0. The van der Waals surface area contributed by atoms with Crippen molar-refractivity contribution in [1.82, 2.24) is 4.98 Å². The van der Waals surface area contributed by atoms with E-state index in [0.29, 0.717) is 11.4 Å². The van der Waals surface area contributed by atoms with Crippen LogP contribution < -0.4 is 0 Å². The van der Waals surface area contributed by atoms with Crippen LogP contribution in [0.1, 0.15) is 18.2 Å². The quantitative estimate of drug-likeness (QED) is 0.835. The molecule has 92 valence electrons. The second-order valence-electron chi connectivity index (χ2n) is 3.17. The number of carbonyl (C=O) groups excluding carboxylic acids is 1. The zero-order chi connectivity index (χ0) is 12.9. The second-order valence-corrected chi connectivity index (χ2v) is 4.37. The molecule has 2 nitrogen and oxygen atoms in total. The summed E-state index contributed by atoms with van der Waals surface area (Å²) in [6.45, 7) is 1.45. The Morgan fingerprint density at radius 1 is 1.47 bits per heavy atom. The predicted octanol–water partition coefficient (Wildman–Crippen LogP) is 3.39. The third kappa shape index (κ3) is 5.04. The van der Waals surface area contributed by atoms with Crippen molar-refractivity contribution in [3.8, 4) is 0 Å². The number of halogens is 3. The summed E-state index contributed by atoms with van der Waals surface area (Å²) in [7, 11) is 0. The lowest BCUT2D eigenvalue weighted by molar-refractivity contribution is -0.137. The van der Waals surface area contributed by atoms with Gasteiger partial charge in [0.25, 0.3) is 0 Å². The summed E-state index contributed by atoms with van der Waals surface area (Å²) in [4.78, 5) is 14.3. The number of carbonyl (C=O) groups is 1. The van der Waals surface area contributed by atoms with E-state index in [2.05, 4.69) is 4.98 Å². The summed E-state index contributed by atoms with van der Waals surface area (Å²) in [5.41, 5.74) is -0.338. The van der Waals surface area contributed by atoms with E-state index in [4.69, 9.17) is 0 Å². The molecule has 0 aliphatic heterocycles. The van der Waals surface area contributed by atoms with Gasteiger partial charge < -0.3 is 0 Å². The van der Waals surface area contributed by atoms with Crippen LogP contribution in [0.5, 0.6) is 0 Å². The number of rotatable bonds is 3. The summed E-state index contributed by atoms with van der Waals surface area (Å²) >= 11 is 1.12. The van der Waals surface area contributed by atoms with E-state index >= 15 is 0 Å². The van der Waals surface area contributed by atoms with Gasteiger partial charge in [0.1, 0.15) is 0 Å².